The highest BCUT2D eigenvalue weighted by Crippen LogP contribution is 2.41. The molecule has 10 heteroatoms. The third kappa shape index (κ3) is 3.92. The Morgan fingerprint density at radius 1 is 1.16 bits per heavy atom. The summed E-state index contributed by atoms with van der Waals surface area (Å²) in [6.45, 7) is 2.25. The van der Waals surface area contributed by atoms with Crippen molar-refractivity contribution < 1.29 is 9.18 Å². The fraction of sp³-hybridized carbons (Fsp3) is 0.381. The van der Waals surface area contributed by atoms with Gasteiger partial charge in [-0.3, -0.25) is 4.79 Å². The van der Waals surface area contributed by atoms with E-state index in [0.29, 0.717) is 17.7 Å². The number of nitrogens with zero attached hydrogens (tertiary/aromatic N) is 6. The first-order valence-electron chi connectivity index (χ1n) is 10.4. The first kappa shape index (κ1) is 19.4. The van der Waals surface area contributed by atoms with Crippen molar-refractivity contribution in [1.82, 2.24) is 24.7 Å². The minimum atomic E-state index is -0.264. The number of rotatable bonds is 5. The standard InChI is InChI=1S/C21H23FN8O/c1-12(31)30-17(14-4-5-14)11-18(28-30)24-20-25-19(23)26-21(27-20)29-10-2-3-16(29)13-6-8-15(22)9-7-13/h6-9,11,14,16H,2-5,10H2,1H3,(H3,23,24,25,26,27,28). The first-order valence-corrected chi connectivity index (χ1v) is 10.4. The molecule has 3 heterocycles. The summed E-state index contributed by atoms with van der Waals surface area (Å²) in [7, 11) is 0. The fourth-order valence-electron chi connectivity index (χ4n) is 4.10. The summed E-state index contributed by atoms with van der Waals surface area (Å²) in [5.74, 6) is 1.27. The highest BCUT2D eigenvalue weighted by Gasteiger charge is 2.30. The normalized spacial score (nSPS) is 18.4. The number of carbonyl (C=O) groups excluding carboxylic acids is 1. The summed E-state index contributed by atoms with van der Waals surface area (Å²) >= 11 is 0. The lowest BCUT2D eigenvalue weighted by atomic mass is 10.0. The molecule has 31 heavy (non-hydrogen) atoms. The third-order valence-corrected chi connectivity index (χ3v) is 5.68. The number of aromatic nitrogens is 5. The number of carbonyl (C=O) groups is 1. The van der Waals surface area contributed by atoms with Crippen molar-refractivity contribution in [3.8, 4) is 0 Å². The molecule has 1 saturated heterocycles. The third-order valence-electron chi connectivity index (χ3n) is 5.68. The van der Waals surface area contributed by atoms with Crippen molar-refractivity contribution in [3.63, 3.8) is 0 Å². The number of halogens is 1. The van der Waals surface area contributed by atoms with Crippen LogP contribution in [0.1, 0.15) is 60.6 Å². The molecule has 9 nitrogen and oxygen atoms in total. The van der Waals surface area contributed by atoms with Gasteiger partial charge in [-0.1, -0.05) is 12.1 Å². The van der Waals surface area contributed by atoms with Crippen LogP contribution in [-0.4, -0.2) is 37.2 Å². The maximum Gasteiger partial charge on any atom is 0.244 e. The summed E-state index contributed by atoms with van der Waals surface area (Å²) in [4.78, 5) is 27.0. The summed E-state index contributed by atoms with van der Waals surface area (Å²) in [6, 6.07) is 8.39. The molecular formula is C21H23FN8O. The molecule has 0 amide bonds. The van der Waals surface area contributed by atoms with E-state index in [4.69, 9.17) is 5.73 Å². The van der Waals surface area contributed by atoms with Crippen molar-refractivity contribution in [2.24, 2.45) is 0 Å². The lowest BCUT2D eigenvalue weighted by molar-refractivity contribution is 0.0918. The molecule has 2 aliphatic rings. The van der Waals surface area contributed by atoms with Crippen molar-refractivity contribution in [2.45, 2.75) is 44.6 Å². The van der Waals surface area contributed by atoms with E-state index in [-0.39, 0.29) is 29.7 Å². The lowest BCUT2D eigenvalue weighted by Crippen LogP contribution is -2.25. The fourth-order valence-corrected chi connectivity index (χ4v) is 4.10. The highest BCUT2D eigenvalue weighted by atomic mass is 19.1. The second-order valence-corrected chi connectivity index (χ2v) is 8.00. The molecule has 2 fully saturated rings. The van der Waals surface area contributed by atoms with Crippen molar-refractivity contribution in [1.29, 1.82) is 0 Å². The molecule has 1 aromatic carbocycles. The first-order chi connectivity index (χ1) is 15.0. The van der Waals surface area contributed by atoms with Crippen LogP contribution >= 0.6 is 0 Å². The Morgan fingerprint density at radius 2 is 1.94 bits per heavy atom. The van der Waals surface area contributed by atoms with E-state index in [1.54, 1.807) is 12.1 Å². The van der Waals surface area contributed by atoms with Crippen molar-refractivity contribution >= 4 is 29.6 Å². The number of hydrogen-bond donors (Lipinski definition) is 2. The highest BCUT2D eigenvalue weighted by molar-refractivity contribution is 5.77. The summed E-state index contributed by atoms with van der Waals surface area (Å²) in [5, 5.41) is 7.43. The Labute approximate surface area is 178 Å². The minimum Gasteiger partial charge on any atom is -0.368 e. The van der Waals surface area contributed by atoms with E-state index in [0.717, 1.165) is 43.5 Å². The van der Waals surface area contributed by atoms with Gasteiger partial charge in [0.1, 0.15) is 5.82 Å². The van der Waals surface area contributed by atoms with Crippen LogP contribution in [0.5, 0.6) is 0 Å². The van der Waals surface area contributed by atoms with Gasteiger partial charge in [0.25, 0.3) is 0 Å². The molecule has 3 N–H and O–H groups in total. The maximum atomic E-state index is 13.3. The zero-order valence-corrected chi connectivity index (χ0v) is 17.1. The Hall–Kier alpha value is -3.56. The number of nitrogens with two attached hydrogens (primary N) is 1. The molecule has 1 saturated carbocycles. The van der Waals surface area contributed by atoms with Crippen LogP contribution in [0.25, 0.3) is 0 Å². The molecule has 160 valence electrons. The molecule has 1 aliphatic carbocycles. The molecule has 0 radical (unpaired) electrons. The minimum absolute atomic E-state index is 0.0358. The Bertz CT molecular complexity index is 1120. The van der Waals surface area contributed by atoms with Crippen LogP contribution in [-0.2, 0) is 0 Å². The predicted molar refractivity (Wildman–Crippen MR) is 114 cm³/mol. The molecule has 1 unspecified atom stereocenters. The average molecular weight is 422 g/mol. The van der Waals surface area contributed by atoms with Gasteiger partial charge in [0, 0.05) is 25.5 Å². The SMILES string of the molecule is CC(=O)n1nc(Nc2nc(N)nc(N3CCCC3c3ccc(F)cc3)n2)cc1C1CC1. The van der Waals surface area contributed by atoms with Crippen LogP contribution in [0.2, 0.25) is 0 Å². The quantitative estimate of drug-likeness (QED) is 0.643. The van der Waals surface area contributed by atoms with Gasteiger partial charge in [-0.2, -0.15) is 15.0 Å². The molecule has 1 atom stereocenters. The molecule has 0 spiro atoms. The molecule has 1 aliphatic heterocycles. The molecule has 5 rings (SSSR count). The van der Waals surface area contributed by atoms with Crippen LogP contribution in [0, 0.1) is 5.82 Å². The van der Waals surface area contributed by atoms with Gasteiger partial charge in [0.15, 0.2) is 5.82 Å². The topological polar surface area (TPSA) is 115 Å². The van der Waals surface area contributed by atoms with Crippen LogP contribution in [0.15, 0.2) is 30.3 Å². The van der Waals surface area contributed by atoms with E-state index in [9.17, 15) is 9.18 Å². The van der Waals surface area contributed by atoms with Gasteiger partial charge in [0.2, 0.25) is 23.8 Å². The monoisotopic (exact) mass is 422 g/mol. The zero-order valence-electron chi connectivity index (χ0n) is 17.1. The second kappa shape index (κ2) is 7.60. The smallest absolute Gasteiger partial charge is 0.244 e. The molecule has 3 aromatic rings. The van der Waals surface area contributed by atoms with E-state index in [2.05, 4.69) is 30.3 Å². The van der Waals surface area contributed by atoms with Gasteiger partial charge in [-0.25, -0.2) is 9.07 Å². The van der Waals surface area contributed by atoms with Crippen molar-refractivity contribution in [2.75, 3.05) is 22.5 Å². The van der Waals surface area contributed by atoms with Crippen LogP contribution in [0.4, 0.5) is 28.1 Å². The zero-order chi connectivity index (χ0) is 21.5. The number of anilines is 4. The molecule has 0 bridgehead atoms. The Kier molecular flexibility index (Phi) is 4.76. The van der Waals surface area contributed by atoms with Gasteiger partial charge in [0.05, 0.1) is 11.7 Å². The maximum absolute atomic E-state index is 13.3. The summed E-state index contributed by atoms with van der Waals surface area (Å²) in [5.41, 5.74) is 7.87. The van der Waals surface area contributed by atoms with Crippen LogP contribution < -0.4 is 16.0 Å². The van der Waals surface area contributed by atoms with E-state index < -0.39 is 0 Å². The van der Waals surface area contributed by atoms with Crippen molar-refractivity contribution in [3.05, 3.63) is 47.4 Å². The van der Waals surface area contributed by atoms with E-state index >= 15 is 0 Å². The predicted octanol–water partition coefficient (Wildman–Crippen LogP) is 3.41. The van der Waals surface area contributed by atoms with Gasteiger partial charge >= 0.3 is 0 Å². The summed E-state index contributed by atoms with van der Waals surface area (Å²) < 4.78 is 14.8. The lowest BCUT2D eigenvalue weighted by Gasteiger charge is -2.25. The van der Waals surface area contributed by atoms with Gasteiger partial charge in [-0.05, 0) is 43.4 Å². The molecule has 2 aromatic heterocycles. The average Bonchev–Trinajstić information content (AvgIpc) is 3.30. The van der Waals surface area contributed by atoms with Gasteiger partial charge < -0.3 is 16.0 Å². The number of nitrogens with one attached hydrogen (secondary N) is 1. The second-order valence-electron chi connectivity index (χ2n) is 8.00. The molecular weight excluding hydrogens is 399 g/mol. The summed E-state index contributed by atoms with van der Waals surface area (Å²) in [6.07, 6.45) is 3.99. The van der Waals surface area contributed by atoms with Gasteiger partial charge in [-0.15, -0.1) is 5.10 Å². The van der Waals surface area contributed by atoms with E-state index in [1.807, 2.05) is 6.07 Å². The van der Waals surface area contributed by atoms with Crippen LogP contribution in [0.3, 0.4) is 0 Å². The Morgan fingerprint density at radius 3 is 2.65 bits per heavy atom. The van der Waals surface area contributed by atoms with E-state index in [1.165, 1.54) is 23.7 Å². The number of benzene rings is 1. The number of hydrogen-bond acceptors (Lipinski definition) is 8. The largest absolute Gasteiger partial charge is 0.368 e. The number of nitrogen functional groups attached to an aromatic ring is 1. The Balaban J connectivity index is 1.42.